The quantitative estimate of drug-likeness (QED) is 0.198. The van der Waals surface area contributed by atoms with E-state index in [2.05, 4.69) is 30.7 Å². The van der Waals surface area contributed by atoms with Gasteiger partial charge in [-0.3, -0.25) is 14.3 Å². The second-order valence-electron chi connectivity index (χ2n) is 9.92. The molecule has 222 valence electrons. The molecule has 0 radical (unpaired) electrons. The summed E-state index contributed by atoms with van der Waals surface area (Å²) in [5.41, 5.74) is 1.04. The summed E-state index contributed by atoms with van der Waals surface area (Å²) in [6, 6.07) is 14.6. The minimum absolute atomic E-state index is 0.0178. The minimum Gasteiger partial charge on any atom is -0.497 e. The minimum atomic E-state index is -0.655. The molecule has 0 aliphatic heterocycles. The van der Waals surface area contributed by atoms with Crippen molar-refractivity contribution in [2.45, 2.75) is 25.4 Å². The third-order valence-corrected chi connectivity index (χ3v) is 7.15. The number of nitrogens with zero attached hydrogens (tertiary/aromatic N) is 5. The molecule has 6 rings (SSSR count). The molecule has 13 heteroatoms. The number of nitrogens with one attached hydrogen (secondary N) is 2. The maximum absolute atomic E-state index is 13.5. The maximum Gasteiger partial charge on any atom is 0.322 e. The highest BCUT2D eigenvalue weighted by Gasteiger charge is 2.27. The predicted molar refractivity (Wildman–Crippen MR) is 162 cm³/mol. The van der Waals surface area contributed by atoms with Crippen LogP contribution in [0.4, 0.5) is 15.9 Å². The third-order valence-electron chi connectivity index (χ3n) is 6.78. The van der Waals surface area contributed by atoms with Gasteiger partial charge >= 0.3 is 6.01 Å². The summed E-state index contributed by atoms with van der Waals surface area (Å²) in [5, 5.41) is 10.5. The van der Waals surface area contributed by atoms with Gasteiger partial charge in [-0.25, -0.2) is 19.3 Å². The second kappa shape index (κ2) is 12.5. The molecule has 2 aromatic carbocycles. The van der Waals surface area contributed by atoms with Gasteiger partial charge in [-0.15, -0.1) is 0 Å². The van der Waals surface area contributed by atoms with Crippen molar-refractivity contribution in [2.75, 3.05) is 17.7 Å². The first-order valence-corrected chi connectivity index (χ1v) is 14.0. The largest absolute Gasteiger partial charge is 0.497 e. The van der Waals surface area contributed by atoms with Crippen molar-refractivity contribution < 1.29 is 18.7 Å². The number of hydrogen-bond acceptors (Lipinski definition) is 9. The Kier molecular flexibility index (Phi) is 8.15. The highest BCUT2D eigenvalue weighted by molar-refractivity contribution is 6.34. The summed E-state index contributed by atoms with van der Waals surface area (Å²) in [6.07, 6.45) is 7.44. The molecule has 0 atom stereocenters. The smallest absolute Gasteiger partial charge is 0.322 e. The zero-order valence-electron chi connectivity index (χ0n) is 23.3. The van der Waals surface area contributed by atoms with Gasteiger partial charge in [0.25, 0.3) is 5.91 Å². The molecule has 3 aromatic heterocycles. The molecule has 5 aromatic rings. The summed E-state index contributed by atoms with van der Waals surface area (Å²) in [4.78, 5) is 39.0. The highest BCUT2D eigenvalue weighted by atomic mass is 35.5. The van der Waals surface area contributed by atoms with Gasteiger partial charge in [0.05, 0.1) is 31.2 Å². The van der Waals surface area contributed by atoms with Crippen LogP contribution in [-0.2, 0) is 6.54 Å². The number of pyridine rings is 1. The van der Waals surface area contributed by atoms with Gasteiger partial charge in [-0.1, -0.05) is 23.7 Å². The number of hydrogen-bond donors (Lipinski definition) is 2. The topological polar surface area (TPSA) is 133 Å². The standard InChI is InChI=1S/C31H25ClFN7O4/c1-43-23-10-2-18(3-11-23)14-35-29-26(32)25(12-13-34-29)44-31-36-15-21(16-37-31)38-30(42)24-17-40(22-8-9-22)39-27(28(24)41)19-4-6-20(33)7-5-19/h2-7,10-13,15-17,22H,8-9,14H2,1H3,(H,34,35)(H,38,42). The van der Waals surface area contributed by atoms with Gasteiger partial charge in [0, 0.05) is 30.6 Å². The van der Waals surface area contributed by atoms with Crippen LogP contribution in [0, 0.1) is 5.82 Å². The zero-order chi connectivity index (χ0) is 30.6. The normalized spacial score (nSPS) is 12.4. The van der Waals surface area contributed by atoms with Crippen LogP contribution in [0.1, 0.15) is 34.8 Å². The Morgan fingerprint density at radius 3 is 2.45 bits per heavy atom. The van der Waals surface area contributed by atoms with E-state index in [1.54, 1.807) is 17.9 Å². The number of anilines is 2. The number of benzene rings is 2. The number of carbonyl (C=O) groups is 1. The van der Waals surface area contributed by atoms with E-state index < -0.39 is 17.2 Å². The summed E-state index contributed by atoms with van der Waals surface area (Å²) in [7, 11) is 1.61. The van der Waals surface area contributed by atoms with Crippen LogP contribution < -0.4 is 25.5 Å². The number of halogens is 2. The fourth-order valence-electron chi connectivity index (χ4n) is 4.28. The summed E-state index contributed by atoms with van der Waals surface area (Å²) in [6.45, 7) is 0.472. The first-order valence-electron chi connectivity index (χ1n) is 13.6. The first-order chi connectivity index (χ1) is 21.4. The van der Waals surface area contributed by atoms with Gasteiger partial charge in [0.2, 0.25) is 5.43 Å². The van der Waals surface area contributed by atoms with Gasteiger partial charge in [-0.2, -0.15) is 5.10 Å². The molecule has 0 bridgehead atoms. The molecule has 0 unspecified atom stereocenters. The number of carbonyl (C=O) groups excluding carboxylic acids is 1. The van der Waals surface area contributed by atoms with E-state index in [-0.39, 0.29) is 39.8 Å². The van der Waals surface area contributed by atoms with Crippen molar-refractivity contribution in [3.05, 3.63) is 112 Å². The van der Waals surface area contributed by atoms with E-state index in [1.165, 1.54) is 49.1 Å². The van der Waals surface area contributed by atoms with Gasteiger partial charge < -0.3 is 20.1 Å². The number of methoxy groups -OCH3 is 1. The number of aromatic nitrogens is 5. The molecule has 1 saturated carbocycles. The monoisotopic (exact) mass is 613 g/mol. The van der Waals surface area contributed by atoms with Crippen molar-refractivity contribution in [1.82, 2.24) is 24.7 Å². The molecule has 44 heavy (non-hydrogen) atoms. The Balaban J connectivity index is 1.14. The van der Waals surface area contributed by atoms with Crippen molar-refractivity contribution in [2.24, 2.45) is 0 Å². The van der Waals surface area contributed by atoms with E-state index in [4.69, 9.17) is 21.1 Å². The van der Waals surface area contributed by atoms with Gasteiger partial charge in [0.15, 0.2) is 5.75 Å². The molecule has 1 aliphatic rings. The zero-order valence-corrected chi connectivity index (χ0v) is 24.1. The third kappa shape index (κ3) is 6.50. The van der Waals surface area contributed by atoms with Crippen LogP contribution in [0.3, 0.4) is 0 Å². The highest BCUT2D eigenvalue weighted by Crippen LogP contribution is 2.35. The molecule has 0 saturated heterocycles. The van der Waals surface area contributed by atoms with Crippen LogP contribution in [0.25, 0.3) is 11.3 Å². The molecule has 1 aliphatic carbocycles. The van der Waals surface area contributed by atoms with Crippen LogP contribution in [-0.4, -0.2) is 37.7 Å². The van der Waals surface area contributed by atoms with E-state index in [0.29, 0.717) is 17.9 Å². The predicted octanol–water partition coefficient (Wildman–Crippen LogP) is 5.89. The Labute approximate surface area is 255 Å². The SMILES string of the molecule is COc1ccc(CNc2nccc(Oc3ncc(NC(=O)c4cn(C5CC5)nc(-c5ccc(F)cc5)c4=O)cn3)c2Cl)cc1. The van der Waals surface area contributed by atoms with Crippen molar-refractivity contribution in [1.29, 1.82) is 0 Å². The lowest BCUT2D eigenvalue weighted by Gasteiger charge is -2.12. The Hall–Kier alpha value is -5.36. The molecule has 1 amide bonds. The summed E-state index contributed by atoms with van der Waals surface area (Å²) in [5.74, 6) is 0.360. The number of rotatable bonds is 10. The number of amides is 1. The molecular weight excluding hydrogens is 589 g/mol. The Morgan fingerprint density at radius 1 is 1.05 bits per heavy atom. The fourth-order valence-corrected chi connectivity index (χ4v) is 4.50. The van der Waals surface area contributed by atoms with Crippen molar-refractivity contribution >= 4 is 29.0 Å². The Morgan fingerprint density at radius 2 is 1.77 bits per heavy atom. The molecular formula is C31H25ClFN7O4. The molecule has 0 spiro atoms. The van der Waals surface area contributed by atoms with Crippen LogP contribution in [0.5, 0.6) is 17.5 Å². The van der Waals surface area contributed by atoms with E-state index in [1.807, 2.05) is 24.3 Å². The summed E-state index contributed by atoms with van der Waals surface area (Å²) >= 11 is 6.52. The van der Waals surface area contributed by atoms with Gasteiger partial charge in [0.1, 0.15) is 33.7 Å². The van der Waals surface area contributed by atoms with Crippen LogP contribution in [0.2, 0.25) is 5.02 Å². The molecule has 11 nitrogen and oxygen atoms in total. The lowest BCUT2D eigenvalue weighted by molar-refractivity contribution is 0.102. The maximum atomic E-state index is 13.5. The first kappa shape index (κ1) is 28.7. The average Bonchev–Trinajstić information content (AvgIpc) is 3.89. The number of ether oxygens (including phenoxy) is 2. The summed E-state index contributed by atoms with van der Waals surface area (Å²) < 4.78 is 26.0. The van der Waals surface area contributed by atoms with Crippen LogP contribution >= 0.6 is 11.6 Å². The lowest BCUT2D eigenvalue weighted by Crippen LogP contribution is -2.26. The average molecular weight is 614 g/mol. The molecule has 3 heterocycles. The second-order valence-corrected chi connectivity index (χ2v) is 10.3. The fraction of sp³-hybridized carbons (Fsp3) is 0.161. The Bertz CT molecular complexity index is 1860. The molecule has 2 N–H and O–H groups in total. The van der Waals surface area contributed by atoms with Crippen molar-refractivity contribution in [3.63, 3.8) is 0 Å². The van der Waals surface area contributed by atoms with Crippen LogP contribution in [0.15, 0.2) is 84.2 Å². The lowest BCUT2D eigenvalue weighted by atomic mass is 10.1. The van der Waals surface area contributed by atoms with Gasteiger partial charge in [-0.05, 0) is 54.8 Å². The van der Waals surface area contributed by atoms with E-state index in [9.17, 15) is 14.0 Å². The van der Waals surface area contributed by atoms with E-state index >= 15 is 0 Å². The molecule has 1 fully saturated rings. The van der Waals surface area contributed by atoms with E-state index in [0.717, 1.165) is 24.2 Å². The van der Waals surface area contributed by atoms with Crippen molar-refractivity contribution in [3.8, 4) is 28.8 Å².